The Hall–Kier alpha value is -1.28. The summed E-state index contributed by atoms with van der Waals surface area (Å²) < 4.78 is 0. The zero-order valence-corrected chi connectivity index (χ0v) is 10.1. The number of aromatic nitrogens is 1. The Bertz CT molecular complexity index is 530. The molecule has 1 N–H and O–H groups in total. The zero-order valence-electron chi connectivity index (χ0n) is 9.38. The van der Waals surface area contributed by atoms with E-state index in [0.717, 1.165) is 33.5 Å². The summed E-state index contributed by atoms with van der Waals surface area (Å²) in [5.41, 5.74) is 3.23. The molecule has 0 saturated heterocycles. The highest BCUT2D eigenvalue weighted by atomic mass is 35.5. The molecule has 0 spiro atoms. The van der Waals surface area contributed by atoms with Crippen LogP contribution in [-0.2, 0) is 4.79 Å². The predicted molar refractivity (Wildman–Crippen MR) is 67.1 cm³/mol. The Morgan fingerprint density at radius 3 is 2.88 bits per heavy atom. The number of halogens is 1. The molecule has 0 saturated carbocycles. The van der Waals surface area contributed by atoms with Crippen molar-refractivity contribution in [2.24, 2.45) is 0 Å². The first-order chi connectivity index (χ1) is 7.61. The minimum atomic E-state index is 0.165. The van der Waals surface area contributed by atoms with E-state index in [1.807, 2.05) is 26.0 Å². The van der Waals surface area contributed by atoms with Crippen molar-refractivity contribution >= 4 is 28.8 Å². The molecule has 1 aromatic carbocycles. The van der Waals surface area contributed by atoms with E-state index in [9.17, 15) is 4.79 Å². The van der Waals surface area contributed by atoms with Crippen molar-refractivity contribution in [3.05, 3.63) is 34.5 Å². The lowest BCUT2D eigenvalue weighted by Gasteiger charge is -2.10. The number of benzene rings is 1. The molecule has 0 bridgehead atoms. The topological polar surface area (TPSA) is 32.9 Å². The number of carbonyl (C=O) groups is 1. The Kier molecular flexibility index (Phi) is 3.01. The van der Waals surface area contributed by atoms with Gasteiger partial charge in [0, 0.05) is 28.0 Å². The van der Waals surface area contributed by atoms with Gasteiger partial charge in [0.15, 0.2) is 0 Å². The largest absolute Gasteiger partial charge is 0.359 e. The molecule has 0 aliphatic carbocycles. The molecule has 1 aromatic heterocycles. The van der Waals surface area contributed by atoms with Gasteiger partial charge >= 0.3 is 0 Å². The second-order valence-corrected chi connectivity index (χ2v) is 4.62. The van der Waals surface area contributed by atoms with E-state index in [-0.39, 0.29) is 5.92 Å². The number of carbonyl (C=O) groups excluding carboxylic acids is 1. The summed E-state index contributed by atoms with van der Waals surface area (Å²) in [5.74, 6) is 0.165. The first kappa shape index (κ1) is 11.2. The van der Waals surface area contributed by atoms with Crippen LogP contribution in [-0.4, -0.2) is 11.3 Å². The average molecular weight is 236 g/mol. The van der Waals surface area contributed by atoms with Gasteiger partial charge in [-0.1, -0.05) is 18.5 Å². The SMILES string of the molecule is Cc1cc2cc(Cl)c(C(C)CC=O)cc2[nH]1. The molecule has 2 aromatic rings. The molecule has 3 heteroatoms. The highest BCUT2D eigenvalue weighted by Gasteiger charge is 2.11. The van der Waals surface area contributed by atoms with Crippen LogP contribution in [0.1, 0.15) is 30.5 Å². The van der Waals surface area contributed by atoms with Crippen molar-refractivity contribution in [2.75, 3.05) is 0 Å². The third-order valence-electron chi connectivity index (χ3n) is 2.85. The van der Waals surface area contributed by atoms with Gasteiger partial charge in [-0.05, 0) is 36.6 Å². The molecule has 0 fully saturated rings. The van der Waals surface area contributed by atoms with E-state index in [4.69, 9.17) is 11.6 Å². The fourth-order valence-electron chi connectivity index (χ4n) is 1.96. The van der Waals surface area contributed by atoms with Crippen molar-refractivity contribution in [3.8, 4) is 0 Å². The molecular weight excluding hydrogens is 222 g/mol. The van der Waals surface area contributed by atoms with Crippen LogP contribution in [0.5, 0.6) is 0 Å². The molecule has 1 unspecified atom stereocenters. The van der Waals surface area contributed by atoms with Crippen molar-refractivity contribution < 1.29 is 4.79 Å². The summed E-state index contributed by atoms with van der Waals surface area (Å²) in [5, 5.41) is 1.85. The van der Waals surface area contributed by atoms with Gasteiger partial charge < -0.3 is 9.78 Å². The van der Waals surface area contributed by atoms with Crippen molar-refractivity contribution in [3.63, 3.8) is 0 Å². The van der Waals surface area contributed by atoms with Gasteiger partial charge in [0.1, 0.15) is 6.29 Å². The quantitative estimate of drug-likeness (QED) is 0.806. The average Bonchev–Trinajstić information content (AvgIpc) is 2.56. The summed E-state index contributed by atoms with van der Waals surface area (Å²) in [4.78, 5) is 13.8. The normalized spacial score (nSPS) is 12.9. The summed E-state index contributed by atoms with van der Waals surface area (Å²) in [7, 11) is 0. The predicted octanol–water partition coefficient (Wildman–Crippen LogP) is 3.82. The maximum Gasteiger partial charge on any atom is 0.120 e. The molecule has 16 heavy (non-hydrogen) atoms. The number of nitrogens with one attached hydrogen (secondary N) is 1. The van der Waals surface area contributed by atoms with E-state index in [0.29, 0.717) is 6.42 Å². The van der Waals surface area contributed by atoms with Gasteiger partial charge in [-0.15, -0.1) is 0 Å². The molecule has 1 heterocycles. The number of aromatic amines is 1. The van der Waals surface area contributed by atoms with Crippen molar-refractivity contribution in [1.82, 2.24) is 4.98 Å². The molecule has 84 valence electrons. The smallest absolute Gasteiger partial charge is 0.120 e. The van der Waals surface area contributed by atoms with Gasteiger partial charge in [0.2, 0.25) is 0 Å². The zero-order chi connectivity index (χ0) is 11.7. The number of rotatable bonds is 3. The summed E-state index contributed by atoms with van der Waals surface area (Å²) in [6.07, 6.45) is 1.44. The Morgan fingerprint density at radius 2 is 2.19 bits per heavy atom. The van der Waals surface area contributed by atoms with E-state index < -0.39 is 0 Å². The van der Waals surface area contributed by atoms with Gasteiger partial charge in [0.05, 0.1) is 0 Å². The second-order valence-electron chi connectivity index (χ2n) is 4.22. The highest BCUT2D eigenvalue weighted by Crippen LogP contribution is 2.30. The number of fused-ring (bicyclic) bond motifs is 1. The van der Waals surface area contributed by atoms with Crippen LogP contribution in [0.4, 0.5) is 0 Å². The van der Waals surface area contributed by atoms with Crippen molar-refractivity contribution in [1.29, 1.82) is 0 Å². The summed E-state index contributed by atoms with van der Waals surface area (Å²) in [6, 6.07) is 6.06. The van der Waals surface area contributed by atoms with Crippen LogP contribution in [0.25, 0.3) is 10.9 Å². The number of aldehydes is 1. The number of aryl methyl sites for hydroxylation is 1. The fourth-order valence-corrected chi connectivity index (χ4v) is 2.32. The van der Waals surface area contributed by atoms with E-state index >= 15 is 0 Å². The maximum absolute atomic E-state index is 10.5. The molecule has 1 atom stereocenters. The molecule has 0 aliphatic heterocycles. The Labute approximate surface area is 99.6 Å². The first-order valence-electron chi connectivity index (χ1n) is 5.34. The highest BCUT2D eigenvalue weighted by molar-refractivity contribution is 6.32. The molecule has 0 aliphatic rings. The third-order valence-corrected chi connectivity index (χ3v) is 3.18. The lowest BCUT2D eigenvalue weighted by atomic mass is 9.97. The fraction of sp³-hybridized carbons (Fsp3) is 0.308. The standard InChI is InChI=1S/C13H14ClNO/c1-8(3-4-16)11-7-13-10(6-12(11)14)5-9(2)15-13/h4-8,15H,3H2,1-2H3. The monoisotopic (exact) mass is 235 g/mol. The molecule has 2 nitrogen and oxygen atoms in total. The van der Waals surface area contributed by atoms with Gasteiger partial charge in [-0.25, -0.2) is 0 Å². The molecule has 0 radical (unpaired) electrons. The van der Waals surface area contributed by atoms with E-state index in [2.05, 4.69) is 11.1 Å². The Morgan fingerprint density at radius 1 is 1.44 bits per heavy atom. The van der Waals surface area contributed by atoms with Gasteiger partial charge in [-0.3, -0.25) is 0 Å². The molecular formula is C13H14ClNO. The van der Waals surface area contributed by atoms with E-state index in [1.165, 1.54) is 0 Å². The lowest BCUT2D eigenvalue weighted by molar-refractivity contribution is -0.108. The lowest BCUT2D eigenvalue weighted by Crippen LogP contribution is -1.95. The second kappa shape index (κ2) is 4.30. The van der Waals surface area contributed by atoms with Crippen LogP contribution < -0.4 is 0 Å². The van der Waals surface area contributed by atoms with Gasteiger partial charge in [0.25, 0.3) is 0 Å². The minimum absolute atomic E-state index is 0.165. The van der Waals surface area contributed by atoms with Crippen LogP contribution in [0, 0.1) is 6.92 Å². The molecule has 0 amide bonds. The number of hydrogen-bond donors (Lipinski definition) is 1. The summed E-state index contributed by atoms with van der Waals surface area (Å²) >= 11 is 6.21. The van der Waals surface area contributed by atoms with E-state index in [1.54, 1.807) is 0 Å². The van der Waals surface area contributed by atoms with Crippen LogP contribution >= 0.6 is 11.6 Å². The van der Waals surface area contributed by atoms with Crippen LogP contribution in [0.3, 0.4) is 0 Å². The van der Waals surface area contributed by atoms with Crippen LogP contribution in [0.15, 0.2) is 18.2 Å². The first-order valence-corrected chi connectivity index (χ1v) is 5.72. The Balaban J connectivity index is 2.52. The van der Waals surface area contributed by atoms with Crippen molar-refractivity contribution in [2.45, 2.75) is 26.2 Å². The van der Waals surface area contributed by atoms with Gasteiger partial charge in [-0.2, -0.15) is 0 Å². The maximum atomic E-state index is 10.5. The number of hydrogen-bond acceptors (Lipinski definition) is 1. The minimum Gasteiger partial charge on any atom is -0.359 e. The molecule has 2 rings (SSSR count). The summed E-state index contributed by atoms with van der Waals surface area (Å²) in [6.45, 7) is 4.03. The number of H-pyrrole nitrogens is 1. The van der Waals surface area contributed by atoms with Crippen LogP contribution in [0.2, 0.25) is 5.02 Å². The third kappa shape index (κ3) is 1.98.